The van der Waals surface area contributed by atoms with E-state index in [0.717, 1.165) is 25.0 Å². The molecule has 1 rings (SSSR count). The van der Waals surface area contributed by atoms with E-state index in [4.69, 9.17) is 4.74 Å². The number of nitrogens with zero attached hydrogens (tertiary/aromatic N) is 3. The molecule has 0 aromatic carbocycles. The summed E-state index contributed by atoms with van der Waals surface area (Å²) >= 11 is 0. The first kappa shape index (κ1) is 21.2. The van der Waals surface area contributed by atoms with Crippen molar-refractivity contribution in [3.8, 4) is 0 Å². The van der Waals surface area contributed by atoms with E-state index in [2.05, 4.69) is 6.92 Å². The van der Waals surface area contributed by atoms with Crippen molar-refractivity contribution in [2.45, 2.75) is 52.6 Å². The second-order valence-electron chi connectivity index (χ2n) is 6.49. The third-order valence-electron chi connectivity index (χ3n) is 4.56. The molecule has 1 unspecified atom stereocenters. The Balaban J connectivity index is 2.86. The lowest BCUT2D eigenvalue weighted by Gasteiger charge is -2.31. The Morgan fingerprint density at radius 1 is 1.28 bits per heavy atom. The van der Waals surface area contributed by atoms with Crippen molar-refractivity contribution in [3.63, 3.8) is 0 Å². The summed E-state index contributed by atoms with van der Waals surface area (Å²) in [6.45, 7) is 7.46. The molecule has 1 aromatic heterocycles. The van der Waals surface area contributed by atoms with Crippen molar-refractivity contribution < 1.29 is 14.3 Å². The van der Waals surface area contributed by atoms with Gasteiger partial charge in [-0.15, -0.1) is 0 Å². The summed E-state index contributed by atoms with van der Waals surface area (Å²) in [5, 5.41) is 0. The lowest BCUT2D eigenvalue weighted by molar-refractivity contribution is -0.145. The van der Waals surface area contributed by atoms with Gasteiger partial charge in [0.05, 0.1) is 6.54 Å². The fraction of sp³-hybridized carbons (Fsp3) is 0.684. The van der Waals surface area contributed by atoms with Gasteiger partial charge in [0.2, 0.25) is 11.8 Å². The highest BCUT2D eigenvalue weighted by atomic mass is 16.5. The number of carbonyl (C=O) groups excluding carboxylic acids is 2. The van der Waals surface area contributed by atoms with Crippen LogP contribution >= 0.6 is 0 Å². The number of aromatic nitrogens is 1. The summed E-state index contributed by atoms with van der Waals surface area (Å²) < 4.78 is 6.99. The van der Waals surface area contributed by atoms with Crippen LogP contribution in [-0.4, -0.2) is 59.0 Å². The summed E-state index contributed by atoms with van der Waals surface area (Å²) in [5.41, 5.74) is 1.09. The van der Waals surface area contributed by atoms with Crippen molar-refractivity contribution >= 4 is 11.8 Å². The highest BCUT2D eigenvalue weighted by Crippen LogP contribution is 2.10. The summed E-state index contributed by atoms with van der Waals surface area (Å²) in [6.07, 6.45) is 4.75. The number of aryl methyl sites for hydroxylation is 1. The monoisotopic (exact) mass is 351 g/mol. The molecule has 6 nitrogen and oxygen atoms in total. The minimum atomic E-state index is -0.139. The molecule has 6 heteroatoms. The maximum absolute atomic E-state index is 12.9. The summed E-state index contributed by atoms with van der Waals surface area (Å²) in [6, 6.07) is 4.01. The van der Waals surface area contributed by atoms with Gasteiger partial charge in [0.1, 0.15) is 13.2 Å². The molecule has 0 bridgehead atoms. The molecule has 0 fully saturated rings. The predicted octanol–water partition coefficient (Wildman–Crippen LogP) is 2.43. The van der Waals surface area contributed by atoms with Crippen LogP contribution in [0.2, 0.25) is 0 Å². The maximum Gasteiger partial charge on any atom is 0.249 e. The van der Waals surface area contributed by atoms with E-state index in [-0.39, 0.29) is 31.0 Å². The zero-order valence-electron chi connectivity index (χ0n) is 16.3. The molecule has 2 amide bonds. The molecule has 1 heterocycles. The topological polar surface area (TPSA) is 54.8 Å². The third-order valence-corrected chi connectivity index (χ3v) is 4.56. The van der Waals surface area contributed by atoms with Gasteiger partial charge in [-0.2, -0.15) is 0 Å². The van der Waals surface area contributed by atoms with Gasteiger partial charge >= 0.3 is 0 Å². The summed E-state index contributed by atoms with van der Waals surface area (Å²) in [5.74, 6) is -0.154. The van der Waals surface area contributed by atoms with E-state index in [1.165, 1.54) is 7.11 Å². The van der Waals surface area contributed by atoms with Crippen LogP contribution < -0.4 is 0 Å². The number of hydrogen-bond acceptors (Lipinski definition) is 3. The average Bonchev–Trinajstić information content (AvgIpc) is 3.00. The molecular weight excluding hydrogens is 318 g/mol. The molecule has 0 saturated heterocycles. The minimum Gasteiger partial charge on any atom is -0.375 e. The van der Waals surface area contributed by atoms with Crippen LogP contribution in [0.1, 0.15) is 45.7 Å². The fourth-order valence-corrected chi connectivity index (χ4v) is 2.66. The van der Waals surface area contributed by atoms with Gasteiger partial charge < -0.3 is 19.1 Å². The molecule has 0 N–H and O–H groups in total. The van der Waals surface area contributed by atoms with E-state index in [9.17, 15) is 9.59 Å². The highest BCUT2D eigenvalue weighted by Gasteiger charge is 2.24. The standard InChI is InChI=1S/C19H33N3O3/c1-6-8-12-21(13-17-10-9-11-20(17)4)18(23)14-22(16(3)7-2)19(24)15-25-5/h9-11,16H,6-8,12-15H2,1-5H3. The predicted molar refractivity (Wildman–Crippen MR) is 99.1 cm³/mol. The number of carbonyl (C=O) groups is 2. The van der Waals surface area contributed by atoms with E-state index in [1.54, 1.807) is 4.90 Å². The first-order chi connectivity index (χ1) is 11.9. The number of methoxy groups -OCH3 is 1. The number of ether oxygens (including phenoxy) is 1. The van der Waals surface area contributed by atoms with Crippen molar-refractivity contribution in [1.29, 1.82) is 0 Å². The van der Waals surface area contributed by atoms with Crippen LogP contribution in [0.4, 0.5) is 0 Å². The molecule has 0 aliphatic heterocycles. The van der Waals surface area contributed by atoms with Crippen LogP contribution in [0.15, 0.2) is 18.3 Å². The maximum atomic E-state index is 12.9. The van der Waals surface area contributed by atoms with Gasteiger partial charge in [0, 0.05) is 38.6 Å². The quantitative estimate of drug-likeness (QED) is 0.615. The molecule has 0 aliphatic carbocycles. The minimum absolute atomic E-state index is 0.00436. The number of rotatable bonds is 11. The lowest BCUT2D eigenvalue weighted by atomic mass is 10.2. The van der Waals surface area contributed by atoms with Crippen LogP contribution in [-0.2, 0) is 27.9 Å². The summed E-state index contributed by atoms with van der Waals surface area (Å²) in [7, 11) is 3.48. The van der Waals surface area contributed by atoms with Crippen molar-refractivity contribution in [1.82, 2.24) is 14.4 Å². The average molecular weight is 351 g/mol. The molecule has 25 heavy (non-hydrogen) atoms. The molecule has 0 saturated carbocycles. The molecule has 0 aliphatic rings. The van der Waals surface area contributed by atoms with E-state index >= 15 is 0 Å². The van der Waals surface area contributed by atoms with Gasteiger partial charge in [-0.05, 0) is 31.9 Å². The van der Waals surface area contributed by atoms with Gasteiger partial charge in [-0.1, -0.05) is 20.3 Å². The smallest absolute Gasteiger partial charge is 0.249 e. The Bertz CT molecular complexity index is 542. The summed E-state index contributed by atoms with van der Waals surface area (Å²) in [4.78, 5) is 28.7. The highest BCUT2D eigenvalue weighted by molar-refractivity contribution is 5.85. The van der Waals surface area contributed by atoms with E-state index < -0.39 is 0 Å². The molecule has 1 atom stereocenters. The lowest BCUT2D eigenvalue weighted by Crippen LogP contribution is -2.47. The zero-order chi connectivity index (χ0) is 18.8. The second kappa shape index (κ2) is 10.9. The van der Waals surface area contributed by atoms with Crippen LogP contribution in [0.3, 0.4) is 0 Å². The van der Waals surface area contributed by atoms with Crippen molar-refractivity contribution in [2.75, 3.05) is 26.8 Å². The van der Waals surface area contributed by atoms with E-state index in [0.29, 0.717) is 13.1 Å². The fourth-order valence-electron chi connectivity index (χ4n) is 2.66. The molecular formula is C19H33N3O3. The first-order valence-corrected chi connectivity index (χ1v) is 9.10. The second-order valence-corrected chi connectivity index (χ2v) is 6.49. The van der Waals surface area contributed by atoms with Gasteiger partial charge in [-0.3, -0.25) is 9.59 Å². The normalized spacial score (nSPS) is 12.0. The molecule has 0 spiro atoms. The Morgan fingerprint density at radius 2 is 2.00 bits per heavy atom. The van der Waals surface area contributed by atoms with Crippen LogP contribution in [0.25, 0.3) is 0 Å². The van der Waals surface area contributed by atoms with Crippen molar-refractivity contribution in [2.24, 2.45) is 7.05 Å². The molecule has 0 radical (unpaired) electrons. The van der Waals surface area contributed by atoms with Crippen LogP contribution in [0.5, 0.6) is 0 Å². The number of unbranched alkanes of at least 4 members (excludes halogenated alkanes) is 1. The number of hydrogen-bond donors (Lipinski definition) is 0. The molecule has 1 aromatic rings. The van der Waals surface area contributed by atoms with Crippen molar-refractivity contribution in [3.05, 3.63) is 24.0 Å². The van der Waals surface area contributed by atoms with Crippen LogP contribution in [0, 0.1) is 0 Å². The third kappa shape index (κ3) is 6.53. The SMILES string of the molecule is CCCCN(Cc1cccn1C)C(=O)CN(C(=O)COC)C(C)CC. The Labute approximate surface area is 151 Å². The Kier molecular flexibility index (Phi) is 9.27. The first-order valence-electron chi connectivity index (χ1n) is 9.10. The van der Waals surface area contributed by atoms with Gasteiger partial charge in [0.25, 0.3) is 0 Å². The molecule has 142 valence electrons. The Morgan fingerprint density at radius 3 is 2.52 bits per heavy atom. The van der Waals surface area contributed by atoms with Gasteiger partial charge in [0.15, 0.2) is 0 Å². The Hall–Kier alpha value is -1.82. The zero-order valence-corrected chi connectivity index (χ0v) is 16.3. The van der Waals surface area contributed by atoms with Gasteiger partial charge in [-0.25, -0.2) is 0 Å². The number of amides is 2. The van der Waals surface area contributed by atoms with E-state index in [1.807, 2.05) is 48.7 Å². The largest absolute Gasteiger partial charge is 0.375 e.